The first kappa shape index (κ1) is 32.3. The van der Waals surface area contributed by atoms with Crippen molar-refractivity contribution in [1.29, 1.82) is 0 Å². The van der Waals surface area contributed by atoms with Crippen molar-refractivity contribution in [3.63, 3.8) is 0 Å². The Balaban J connectivity index is 1.49. The largest absolute Gasteiger partial charge is 0.340 e. The number of hydroxylamine groups is 1. The Bertz CT molecular complexity index is 1420. The molecule has 1 atom stereocenters. The van der Waals surface area contributed by atoms with Gasteiger partial charge < -0.3 is 4.90 Å². The lowest BCUT2D eigenvalue weighted by Crippen LogP contribution is -2.52. The molecule has 0 aliphatic carbocycles. The third kappa shape index (κ3) is 8.47. The number of hydrogen-bond donors (Lipinski definition) is 1. The standard InChI is InChI=1S/C31H38ClFN6O4/c1-22(2)36-13-15-37(16-14-36)30(42)12-11-27(39(23(3)41)35-19-26-9-6-10-28(33)31(26)32)20-43-38(21-40)29-17-24-7-4-5-8-25(24)18-34-29/h4-10,17-18,21-22,27,35H,11-16,19-20H2,1-3H3/t27-/m0/s1. The zero-order valence-corrected chi connectivity index (χ0v) is 25.5. The summed E-state index contributed by atoms with van der Waals surface area (Å²) >= 11 is 6.14. The van der Waals surface area contributed by atoms with Crippen molar-refractivity contribution in [3.05, 3.63) is 71.1 Å². The molecule has 0 unspecified atom stereocenters. The molecule has 1 saturated heterocycles. The highest BCUT2D eigenvalue weighted by atomic mass is 35.5. The van der Waals surface area contributed by atoms with Crippen molar-refractivity contribution in [1.82, 2.24) is 25.2 Å². The van der Waals surface area contributed by atoms with Gasteiger partial charge in [0.25, 0.3) is 0 Å². The number of aromatic nitrogens is 1. The van der Waals surface area contributed by atoms with Gasteiger partial charge in [-0.05, 0) is 43.4 Å². The van der Waals surface area contributed by atoms with Gasteiger partial charge in [-0.3, -0.25) is 29.1 Å². The molecule has 230 valence electrons. The number of rotatable bonds is 13. The minimum atomic E-state index is -0.659. The van der Waals surface area contributed by atoms with Crippen LogP contribution in [0.2, 0.25) is 5.02 Å². The normalized spacial score (nSPS) is 14.6. The molecule has 0 radical (unpaired) electrons. The first-order valence-electron chi connectivity index (χ1n) is 14.4. The predicted octanol–water partition coefficient (Wildman–Crippen LogP) is 4.18. The number of hydrazine groups is 1. The number of amides is 3. The molecule has 0 saturated carbocycles. The summed E-state index contributed by atoms with van der Waals surface area (Å²) < 4.78 is 14.0. The van der Waals surface area contributed by atoms with Crippen LogP contribution in [-0.2, 0) is 25.8 Å². The van der Waals surface area contributed by atoms with Gasteiger partial charge in [-0.25, -0.2) is 14.8 Å². The highest BCUT2D eigenvalue weighted by Gasteiger charge is 2.27. The Labute approximate surface area is 256 Å². The van der Waals surface area contributed by atoms with Crippen LogP contribution < -0.4 is 10.5 Å². The van der Waals surface area contributed by atoms with Crippen molar-refractivity contribution >= 4 is 46.4 Å². The number of hydrogen-bond acceptors (Lipinski definition) is 7. The third-order valence-corrected chi connectivity index (χ3v) is 8.03. The van der Waals surface area contributed by atoms with Gasteiger partial charge in [0.1, 0.15) is 5.82 Å². The molecule has 0 spiro atoms. The highest BCUT2D eigenvalue weighted by molar-refractivity contribution is 6.31. The van der Waals surface area contributed by atoms with Crippen LogP contribution in [0.1, 0.15) is 39.2 Å². The van der Waals surface area contributed by atoms with Crippen LogP contribution in [0.25, 0.3) is 10.8 Å². The molecule has 3 aromatic rings. The fraction of sp³-hybridized carbons (Fsp3) is 0.419. The van der Waals surface area contributed by atoms with E-state index in [1.54, 1.807) is 18.3 Å². The Hall–Kier alpha value is -3.64. The zero-order valence-electron chi connectivity index (χ0n) is 24.7. The molecule has 2 aromatic carbocycles. The average molecular weight is 613 g/mol. The van der Waals surface area contributed by atoms with Gasteiger partial charge in [-0.2, -0.15) is 5.06 Å². The zero-order chi connectivity index (χ0) is 30.9. The third-order valence-electron chi connectivity index (χ3n) is 7.61. The van der Waals surface area contributed by atoms with E-state index >= 15 is 0 Å². The topological polar surface area (TPSA) is 98.3 Å². The molecule has 1 aromatic heterocycles. The maximum Gasteiger partial charge on any atom is 0.239 e. The Morgan fingerprint density at radius 2 is 1.84 bits per heavy atom. The van der Waals surface area contributed by atoms with Crippen LogP contribution in [-0.4, -0.2) is 82.9 Å². The van der Waals surface area contributed by atoms with Crippen molar-refractivity contribution < 1.29 is 23.6 Å². The number of halogens is 2. The van der Waals surface area contributed by atoms with Gasteiger partial charge in [0, 0.05) is 63.7 Å². The summed E-state index contributed by atoms with van der Waals surface area (Å²) in [5.41, 5.74) is 3.49. The second-order valence-corrected chi connectivity index (χ2v) is 11.1. The molecule has 43 heavy (non-hydrogen) atoms. The van der Waals surface area contributed by atoms with E-state index < -0.39 is 11.9 Å². The lowest BCUT2D eigenvalue weighted by Gasteiger charge is -2.37. The van der Waals surface area contributed by atoms with Crippen molar-refractivity contribution in [3.8, 4) is 0 Å². The van der Waals surface area contributed by atoms with Crippen molar-refractivity contribution in [2.75, 3.05) is 37.8 Å². The first-order valence-corrected chi connectivity index (χ1v) is 14.8. The minimum Gasteiger partial charge on any atom is -0.340 e. The summed E-state index contributed by atoms with van der Waals surface area (Å²) in [4.78, 5) is 52.4. The van der Waals surface area contributed by atoms with Gasteiger partial charge in [0.2, 0.25) is 18.2 Å². The molecule has 1 aliphatic rings. The Morgan fingerprint density at radius 1 is 1.12 bits per heavy atom. The van der Waals surface area contributed by atoms with Crippen LogP contribution >= 0.6 is 11.6 Å². The number of benzene rings is 2. The van der Waals surface area contributed by atoms with Crippen molar-refractivity contribution in [2.24, 2.45) is 0 Å². The number of carbonyl (C=O) groups excluding carboxylic acids is 3. The van der Waals surface area contributed by atoms with E-state index in [0.717, 1.165) is 28.9 Å². The van der Waals surface area contributed by atoms with Crippen LogP contribution in [0.3, 0.4) is 0 Å². The van der Waals surface area contributed by atoms with E-state index in [4.69, 9.17) is 16.4 Å². The van der Waals surface area contributed by atoms with Crippen LogP contribution in [0.4, 0.5) is 10.2 Å². The Kier molecular flexibility index (Phi) is 11.4. The molecule has 2 heterocycles. The van der Waals surface area contributed by atoms with E-state index in [-0.39, 0.29) is 48.6 Å². The molecule has 12 heteroatoms. The predicted molar refractivity (Wildman–Crippen MR) is 163 cm³/mol. The van der Waals surface area contributed by atoms with Crippen LogP contribution in [0, 0.1) is 5.82 Å². The second-order valence-electron chi connectivity index (χ2n) is 10.8. The van der Waals surface area contributed by atoms with E-state index in [9.17, 15) is 18.8 Å². The minimum absolute atomic E-state index is 0.0199. The smallest absolute Gasteiger partial charge is 0.239 e. The fourth-order valence-corrected chi connectivity index (χ4v) is 5.28. The molecule has 4 rings (SSSR count). The van der Waals surface area contributed by atoms with Gasteiger partial charge in [0.05, 0.1) is 17.7 Å². The number of carbonyl (C=O) groups is 3. The number of anilines is 1. The summed E-state index contributed by atoms with van der Waals surface area (Å²) in [5, 5.41) is 4.10. The van der Waals surface area contributed by atoms with Gasteiger partial charge in [-0.1, -0.05) is 48.0 Å². The molecule has 10 nitrogen and oxygen atoms in total. The molecule has 1 fully saturated rings. The van der Waals surface area contributed by atoms with Gasteiger partial charge in [0.15, 0.2) is 5.82 Å². The summed E-state index contributed by atoms with van der Waals surface area (Å²) in [6, 6.07) is 13.5. The quantitative estimate of drug-likeness (QED) is 0.228. The van der Waals surface area contributed by atoms with E-state index in [0.29, 0.717) is 31.1 Å². The molecule has 3 amide bonds. The highest BCUT2D eigenvalue weighted by Crippen LogP contribution is 2.22. The fourth-order valence-electron chi connectivity index (χ4n) is 5.09. The lowest BCUT2D eigenvalue weighted by molar-refractivity contribution is -0.140. The molecule has 0 bridgehead atoms. The van der Waals surface area contributed by atoms with Crippen molar-refractivity contribution in [2.45, 2.75) is 52.2 Å². The van der Waals surface area contributed by atoms with Crippen LogP contribution in [0.5, 0.6) is 0 Å². The SMILES string of the molecule is CC(=O)N(NCc1cccc(F)c1Cl)[C@@H](CCC(=O)N1CCN(C(C)C)CC1)CON(C=O)c1cc2ccccc2cn1. The Morgan fingerprint density at radius 3 is 2.51 bits per heavy atom. The monoisotopic (exact) mass is 612 g/mol. The van der Waals surface area contributed by atoms with E-state index in [1.807, 2.05) is 29.2 Å². The number of piperazine rings is 1. The number of nitrogens with one attached hydrogen (secondary N) is 1. The summed E-state index contributed by atoms with van der Waals surface area (Å²) in [5.74, 6) is -0.655. The average Bonchev–Trinajstić information content (AvgIpc) is 3.01. The summed E-state index contributed by atoms with van der Waals surface area (Å²) in [6.07, 6.45) is 2.57. The molecular formula is C31H38ClFN6O4. The number of nitrogens with zero attached hydrogens (tertiary/aromatic N) is 5. The number of fused-ring (bicyclic) bond motifs is 1. The summed E-state index contributed by atoms with van der Waals surface area (Å²) in [7, 11) is 0. The van der Waals surface area contributed by atoms with E-state index in [1.165, 1.54) is 24.1 Å². The van der Waals surface area contributed by atoms with Gasteiger partial charge in [-0.15, -0.1) is 0 Å². The first-order chi connectivity index (χ1) is 20.7. The summed E-state index contributed by atoms with van der Waals surface area (Å²) in [6.45, 7) is 8.47. The maximum absolute atomic E-state index is 14.0. The maximum atomic E-state index is 14.0. The van der Waals surface area contributed by atoms with Gasteiger partial charge >= 0.3 is 0 Å². The molecule has 1 aliphatic heterocycles. The molecule has 1 N–H and O–H groups in total. The lowest BCUT2D eigenvalue weighted by atomic mass is 10.1. The van der Waals surface area contributed by atoms with Crippen LogP contribution in [0.15, 0.2) is 54.7 Å². The second kappa shape index (κ2) is 15.2. The van der Waals surface area contributed by atoms with E-state index in [2.05, 4.69) is 29.2 Å². The number of pyridine rings is 1. The molecular weight excluding hydrogens is 575 g/mol.